The van der Waals surface area contributed by atoms with Gasteiger partial charge in [0.1, 0.15) is 11.6 Å². The quantitative estimate of drug-likeness (QED) is 0.188. The van der Waals surface area contributed by atoms with Crippen molar-refractivity contribution in [2.45, 2.75) is 43.5 Å². The van der Waals surface area contributed by atoms with Crippen molar-refractivity contribution in [2.24, 2.45) is 0 Å². The molecule has 41 heavy (non-hydrogen) atoms. The molecular formula is C29H30F2N4O5S. The van der Waals surface area contributed by atoms with Crippen molar-refractivity contribution in [3.63, 3.8) is 0 Å². The number of hydrogen-bond donors (Lipinski definition) is 4. The highest BCUT2D eigenvalue weighted by Gasteiger charge is 2.24. The zero-order valence-electron chi connectivity index (χ0n) is 22.2. The average Bonchev–Trinajstić information content (AvgIpc) is 3.49. The van der Waals surface area contributed by atoms with Crippen molar-refractivity contribution in [1.82, 2.24) is 15.8 Å². The lowest BCUT2D eigenvalue weighted by Gasteiger charge is -2.25. The minimum absolute atomic E-state index is 0.0631. The van der Waals surface area contributed by atoms with Gasteiger partial charge in [-0.15, -0.1) is 0 Å². The lowest BCUT2D eigenvalue weighted by Crippen LogP contribution is -2.48. The van der Waals surface area contributed by atoms with Crippen LogP contribution < -0.4 is 15.4 Å². The molecule has 0 saturated heterocycles. The van der Waals surface area contributed by atoms with Crippen molar-refractivity contribution in [3.05, 3.63) is 113 Å². The normalized spacial score (nSPS) is 13.0. The standard InChI is InChI=1S/C29H30F2N4O5S/c1-2-19-5-3-6-20(11-19)17-32-18-27(36)26(14-21-12-23(30)16-24(31)13-21)34-29(37)22-7-4-8-25(15-22)35-41(38,39)28-9-10-33-40-28/h3-13,15-16,26-27,32,35-36H,2,14,17-18H2,1H3,(H,34,37)/t26-,27-/m0/s1. The first-order valence-electron chi connectivity index (χ1n) is 12.9. The molecule has 0 saturated carbocycles. The van der Waals surface area contributed by atoms with Gasteiger partial charge in [0, 0.05) is 36.5 Å². The van der Waals surface area contributed by atoms with Gasteiger partial charge in [0.2, 0.25) is 0 Å². The van der Waals surface area contributed by atoms with Crippen LogP contribution in [0, 0.1) is 11.6 Å². The Kier molecular flexibility index (Phi) is 9.82. The smallest absolute Gasteiger partial charge is 0.298 e. The Labute approximate surface area is 236 Å². The fraction of sp³-hybridized carbons (Fsp3) is 0.241. The maximum absolute atomic E-state index is 13.9. The first kappa shape index (κ1) is 29.8. The SMILES string of the molecule is CCc1cccc(CNC[C@H](O)[C@H](Cc2cc(F)cc(F)c2)NC(=O)c2cccc(NS(=O)(=O)c3ccno3)c2)c1. The van der Waals surface area contributed by atoms with Crippen molar-refractivity contribution < 1.29 is 31.6 Å². The van der Waals surface area contributed by atoms with Crippen LogP contribution in [0.1, 0.15) is 34.0 Å². The Hall–Kier alpha value is -4.13. The molecule has 3 aromatic carbocycles. The number of aromatic nitrogens is 1. The third kappa shape index (κ3) is 8.43. The zero-order valence-corrected chi connectivity index (χ0v) is 23.0. The number of carbonyl (C=O) groups is 1. The molecule has 0 radical (unpaired) electrons. The minimum atomic E-state index is -4.07. The van der Waals surface area contributed by atoms with Crippen molar-refractivity contribution >= 4 is 21.6 Å². The largest absolute Gasteiger partial charge is 0.390 e. The lowest BCUT2D eigenvalue weighted by atomic mass is 10.00. The number of carbonyl (C=O) groups excluding carboxylic acids is 1. The predicted octanol–water partition coefficient (Wildman–Crippen LogP) is 3.81. The number of sulfonamides is 1. The van der Waals surface area contributed by atoms with Crippen LogP contribution in [0.2, 0.25) is 0 Å². The summed E-state index contributed by atoms with van der Waals surface area (Å²) in [6, 6.07) is 16.9. The predicted molar refractivity (Wildman–Crippen MR) is 149 cm³/mol. The molecule has 9 nitrogen and oxygen atoms in total. The Balaban J connectivity index is 1.48. The number of aliphatic hydroxyl groups excluding tert-OH is 1. The Bertz CT molecular complexity index is 1560. The first-order chi connectivity index (χ1) is 19.6. The van der Waals surface area contributed by atoms with Gasteiger partial charge in [0.25, 0.3) is 21.0 Å². The number of benzene rings is 3. The number of anilines is 1. The van der Waals surface area contributed by atoms with Gasteiger partial charge in [0.05, 0.1) is 18.3 Å². The molecule has 12 heteroatoms. The Morgan fingerprint density at radius 2 is 1.71 bits per heavy atom. The molecule has 216 valence electrons. The number of nitrogens with zero attached hydrogens (tertiary/aromatic N) is 1. The first-order valence-corrected chi connectivity index (χ1v) is 14.4. The summed E-state index contributed by atoms with van der Waals surface area (Å²) in [6.07, 6.45) is 0.878. The summed E-state index contributed by atoms with van der Waals surface area (Å²) in [5, 5.41) is 19.9. The fourth-order valence-corrected chi connectivity index (χ4v) is 5.18. The second-order valence-corrected chi connectivity index (χ2v) is 11.1. The van der Waals surface area contributed by atoms with Gasteiger partial charge in [-0.2, -0.15) is 8.42 Å². The van der Waals surface area contributed by atoms with Crippen LogP contribution in [-0.4, -0.2) is 43.3 Å². The molecule has 0 aliphatic heterocycles. The summed E-state index contributed by atoms with van der Waals surface area (Å²) >= 11 is 0. The zero-order chi connectivity index (χ0) is 29.4. The number of aryl methyl sites for hydroxylation is 1. The molecule has 4 rings (SSSR count). The van der Waals surface area contributed by atoms with E-state index in [1.54, 1.807) is 0 Å². The highest BCUT2D eigenvalue weighted by molar-refractivity contribution is 7.92. The molecular weight excluding hydrogens is 554 g/mol. The summed E-state index contributed by atoms with van der Waals surface area (Å²) in [4.78, 5) is 13.2. The lowest BCUT2D eigenvalue weighted by molar-refractivity contribution is 0.0830. The third-order valence-electron chi connectivity index (χ3n) is 6.30. The van der Waals surface area contributed by atoms with Gasteiger partial charge in [0.15, 0.2) is 0 Å². The third-order valence-corrected chi connectivity index (χ3v) is 7.54. The molecule has 4 N–H and O–H groups in total. The monoisotopic (exact) mass is 584 g/mol. The molecule has 0 fully saturated rings. The number of hydrogen-bond acceptors (Lipinski definition) is 7. The van der Waals surface area contributed by atoms with E-state index in [1.807, 2.05) is 18.2 Å². The van der Waals surface area contributed by atoms with Crippen LogP contribution in [-0.2, 0) is 29.4 Å². The maximum Gasteiger partial charge on any atom is 0.298 e. The highest BCUT2D eigenvalue weighted by atomic mass is 32.2. The number of halogens is 2. The molecule has 0 aliphatic carbocycles. The van der Waals surface area contributed by atoms with Crippen LogP contribution in [0.4, 0.5) is 14.5 Å². The maximum atomic E-state index is 13.9. The molecule has 4 aromatic rings. The molecule has 0 bridgehead atoms. The molecule has 1 amide bonds. The van der Waals surface area contributed by atoms with Crippen LogP contribution in [0.5, 0.6) is 0 Å². The van der Waals surface area contributed by atoms with E-state index in [-0.39, 0.29) is 29.8 Å². The van der Waals surface area contributed by atoms with Crippen molar-refractivity contribution in [3.8, 4) is 0 Å². The number of amides is 1. The van der Waals surface area contributed by atoms with Crippen LogP contribution in [0.25, 0.3) is 0 Å². The van der Waals surface area contributed by atoms with E-state index in [0.717, 1.165) is 30.2 Å². The van der Waals surface area contributed by atoms with Gasteiger partial charge in [-0.1, -0.05) is 42.4 Å². The highest BCUT2D eigenvalue weighted by Crippen LogP contribution is 2.18. The molecule has 1 heterocycles. The van der Waals surface area contributed by atoms with Gasteiger partial charge in [-0.3, -0.25) is 9.52 Å². The fourth-order valence-electron chi connectivity index (χ4n) is 4.26. The Morgan fingerprint density at radius 3 is 2.41 bits per heavy atom. The van der Waals surface area contributed by atoms with Gasteiger partial charge in [-0.25, -0.2) is 8.78 Å². The van der Waals surface area contributed by atoms with E-state index in [9.17, 15) is 27.1 Å². The number of rotatable bonds is 13. The van der Waals surface area contributed by atoms with Crippen molar-refractivity contribution in [2.75, 3.05) is 11.3 Å². The number of aliphatic hydroxyl groups is 1. The molecule has 0 aliphatic rings. The van der Waals surface area contributed by atoms with E-state index in [4.69, 9.17) is 4.52 Å². The van der Waals surface area contributed by atoms with Gasteiger partial charge < -0.3 is 20.3 Å². The molecule has 1 aromatic heterocycles. The summed E-state index contributed by atoms with van der Waals surface area (Å²) in [5.41, 5.74) is 2.63. The second-order valence-electron chi connectivity index (χ2n) is 9.45. The topological polar surface area (TPSA) is 134 Å². The van der Waals surface area contributed by atoms with E-state index < -0.39 is 44.8 Å². The molecule has 0 unspecified atom stereocenters. The molecule has 2 atom stereocenters. The summed E-state index contributed by atoms with van der Waals surface area (Å²) in [6.45, 7) is 2.60. The summed E-state index contributed by atoms with van der Waals surface area (Å²) < 4.78 is 59.7. The average molecular weight is 585 g/mol. The summed E-state index contributed by atoms with van der Waals surface area (Å²) in [5.74, 6) is -2.18. The van der Waals surface area contributed by atoms with E-state index in [2.05, 4.69) is 33.5 Å². The van der Waals surface area contributed by atoms with Gasteiger partial charge >= 0.3 is 0 Å². The number of nitrogens with one attached hydrogen (secondary N) is 3. The van der Waals surface area contributed by atoms with Crippen LogP contribution in [0.3, 0.4) is 0 Å². The van der Waals surface area contributed by atoms with Crippen LogP contribution in [0.15, 0.2) is 88.6 Å². The molecule has 0 spiro atoms. The Morgan fingerprint density at radius 1 is 0.976 bits per heavy atom. The van der Waals surface area contributed by atoms with E-state index in [1.165, 1.54) is 42.1 Å². The van der Waals surface area contributed by atoms with E-state index in [0.29, 0.717) is 6.54 Å². The van der Waals surface area contributed by atoms with Gasteiger partial charge in [-0.05, 0) is 59.9 Å². The van der Waals surface area contributed by atoms with E-state index >= 15 is 0 Å². The van der Waals surface area contributed by atoms with Crippen molar-refractivity contribution in [1.29, 1.82) is 0 Å². The minimum Gasteiger partial charge on any atom is -0.390 e. The summed E-state index contributed by atoms with van der Waals surface area (Å²) in [7, 11) is -4.07. The van der Waals surface area contributed by atoms with Crippen LogP contribution >= 0.6 is 0 Å². The second kappa shape index (κ2) is 13.5.